The van der Waals surface area contributed by atoms with Crippen LogP contribution in [0.2, 0.25) is 0 Å². The molecule has 0 bridgehead atoms. The first-order valence-electron chi connectivity index (χ1n) is 26.8. The van der Waals surface area contributed by atoms with Crippen molar-refractivity contribution in [3.63, 3.8) is 0 Å². The van der Waals surface area contributed by atoms with Gasteiger partial charge in [-0.25, -0.2) is 0 Å². The SMILES string of the molecule is CCCCCCCCCCCCCCCCCCCCCCC(O)C(=O)NC(CO[C@@H]1O[C@H](COP(=O)([O-])OCC[NH2+]C)[C@@H](O)[C@H](O)[C@H]1O)C(O)C(O)CCCCCCCCCCC(C)C. The van der Waals surface area contributed by atoms with E-state index in [-0.39, 0.29) is 19.4 Å². The third-order valence-corrected chi connectivity index (χ3v) is 13.9. The third kappa shape index (κ3) is 32.2. The molecule has 0 saturated carbocycles. The molecule has 10 atom stereocenters. The van der Waals surface area contributed by atoms with Crippen LogP contribution < -0.4 is 15.5 Å². The maximum atomic E-state index is 13.3. The molecule has 1 saturated heterocycles. The molecule has 1 fully saturated rings. The van der Waals surface area contributed by atoms with Gasteiger partial charge < -0.3 is 64.7 Å². The van der Waals surface area contributed by atoms with Crippen LogP contribution in [0.15, 0.2) is 0 Å². The Kier molecular flexibility index (Phi) is 39.2. The number of phosphoric ester groups is 1. The molecule has 0 aliphatic carbocycles. The smallest absolute Gasteiger partial charge is 0.268 e. The van der Waals surface area contributed by atoms with Crippen molar-refractivity contribution in [1.82, 2.24) is 5.32 Å². The predicted octanol–water partition coefficient (Wildman–Crippen LogP) is 6.84. The molecule has 1 heterocycles. The average molecular weight is 969 g/mol. The molecule has 394 valence electrons. The van der Waals surface area contributed by atoms with E-state index in [0.717, 1.165) is 50.9 Å². The standard InChI is InChI=1S/C50H101N2O13P/c1-5-6-7-8-9-10-11-12-13-14-15-16-17-18-19-20-21-26-29-32-35-43(54)49(59)52-41(45(55)42(53)34-31-28-25-23-22-24-27-30-33-40(2)3)38-62-50-48(58)47(57)46(56)44(65-50)39-64-66(60,61)63-37-36-51-4/h40-48,50-51,53-58H,5-39H2,1-4H3,(H,52,59)(H,60,61)/t41?,42?,43?,44-,45?,46-,47+,48-,50-/m1/s1. The highest BCUT2D eigenvalue weighted by atomic mass is 31.2. The minimum absolute atomic E-state index is 0.146. The number of quaternary nitrogens is 1. The Labute approximate surface area is 400 Å². The van der Waals surface area contributed by atoms with E-state index >= 15 is 0 Å². The quantitative estimate of drug-likeness (QED) is 0.0230. The Morgan fingerprint density at radius 3 is 1.55 bits per heavy atom. The summed E-state index contributed by atoms with van der Waals surface area (Å²) in [5, 5.41) is 69.3. The zero-order valence-corrected chi connectivity index (χ0v) is 43.0. The second-order valence-electron chi connectivity index (χ2n) is 19.6. The summed E-state index contributed by atoms with van der Waals surface area (Å²) in [6, 6.07) is -1.26. The highest BCUT2D eigenvalue weighted by molar-refractivity contribution is 7.45. The van der Waals surface area contributed by atoms with E-state index in [2.05, 4.69) is 26.1 Å². The molecule has 0 aromatic heterocycles. The number of nitrogens with two attached hydrogens (primary N) is 1. The van der Waals surface area contributed by atoms with E-state index in [1.54, 1.807) is 12.4 Å². The number of carbonyl (C=O) groups excluding carboxylic acids is 1. The van der Waals surface area contributed by atoms with E-state index in [9.17, 15) is 44.9 Å². The number of amides is 1. The first-order chi connectivity index (χ1) is 31.7. The molecule has 9 N–H and O–H groups in total. The van der Waals surface area contributed by atoms with Gasteiger partial charge in [-0.1, -0.05) is 207 Å². The lowest BCUT2D eigenvalue weighted by Crippen LogP contribution is -2.80. The van der Waals surface area contributed by atoms with Crippen molar-refractivity contribution in [1.29, 1.82) is 0 Å². The van der Waals surface area contributed by atoms with Crippen molar-refractivity contribution in [2.24, 2.45) is 5.92 Å². The zero-order valence-electron chi connectivity index (χ0n) is 42.1. The number of hydrogen-bond acceptors (Lipinski definition) is 13. The number of carbonyl (C=O) groups is 1. The van der Waals surface area contributed by atoms with Gasteiger partial charge in [0.05, 0.1) is 39.0 Å². The lowest BCUT2D eigenvalue weighted by molar-refractivity contribution is -0.627. The number of unbranched alkanes of at least 4 members (excludes halogenated alkanes) is 26. The highest BCUT2D eigenvalue weighted by Gasteiger charge is 2.45. The molecule has 0 radical (unpaired) electrons. The van der Waals surface area contributed by atoms with Crippen LogP contribution in [0.5, 0.6) is 0 Å². The van der Waals surface area contributed by atoms with Crippen LogP contribution >= 0.6 is 7.82 Å². The van der Waals surface area contributed by atoms with Crippen molar-refractivity contribution in [3.05, 3.63) is 0 Å². The van der Waals surface area contributed by atoms with Crippen molar-refractivity contribution < 1.29 is 68.7 Å². The van der Waals surface area contributed by atoms with Crippen LogP contribution in [0.3, 0.4) is 0 Å². The van der Waals surface area contributed by atoms with E-state index in [4.69, 9.17) is 18.5 Å². The summed E-state index contributed by atoms with van der Waals surface area (Å²) < 4.78 is 33.2. The molecule has 5 unspecified atom stereocenters. The summed E-state index contributed by atoms with van der Waals surface area (Å²) in [7, 11) is -3.05. The van der Waals surface area contributed by atoms with E-state index < -0.39 is 82.0 Å². The largest absolute Gasteiger partial charge is 0.756 e. The lowest BCUT2D eigenvalue weighted by atomic mass is 9.98. The van der Waals surface area contributed by atoms with Gasteiger partial charge in [-0.2, -0.15) is 0 Å². The van der Waals surface area contributed by atoms with Gasteiger partial charge >= 0.3 is 0 Å². The second kappa shape index (κ2) is 40.9. The van der Waals surface area contributed by atoms with Gasteiger partial charge in [-0.05, 0) is 18.8 Å². The Balaban J connectivity index is 2.58. The van der Waals surface area contributed by atoms with Crippen molar-refractivity contribution in [2.45, 2.75) is 275 Å². The lowest BCUT2D eigenvalue weighted by Gasteiger charge is -2.41. The van der Waals surface area contributed by atoms with Gasteiger partial charge in [0.1, 0.15) is 43.2 Å². The molecular weight excluding hydrogens is 868 g/mol. The molecule has 66 heavy (non-hydrogen) atoms. The third-order valence-electron chi connectivity index (χ3n) is 13.0. The summed E-state index contributed by atoms with van der Waals surface area (Å²) in [4.78, 5) is 25.4. The number of likely N-dealkylation sites (N-methyl/N-ethyl adjacent to an activating group) is 1. The molecule has 16 heteroatoms. The molecule has 0 aromatic rings. The van der Waals surface area contributed by atoms with Crippen LogP contribution in [0.25, 0.3) is 0 Å². The monoisotopic (exact) mass is 969 g/mol. The Hall–Kier alpha value is -0.780. The fourth-order valence-corrected chi connectivity index (χ4v) is 9.24. The van der Waals surface area contributed by atoms with Crippen LogP contribution in [-0.4, -0.2) is 125 Å². The number of rotatable bonds is 46. The molecule has 0 aromatic carbocycles. The Morgan fingerprint density at radius 1 is 0.652 bits per heavy atom. The normalized spacial score (nSPS) is 21.7. The zero-order chi connectivity index (χ0) is 48.8. The summed E-state index contributed by atoms with van der Waals surface area (Å²) in [5.74, 6) is -0.0241. The maximum Gasteiger partial charge on any atom is 0.268 e. The van der Waals surface area contributed by atoms with E-state index in [1.165, 1.54) is 128 Å². The number of phosphoric acid groups is 1. The summed E-state index contributed by atoms with van der Waals surface area (Å²) in [6.45, 7) is 5.67. The molecule has 1 amide bonds. The van der Waals surface area contributed by atoms with Crippen LogP contribution in [-0.2, 0) is 27.9 Å². The molecule has 1 aliphatic rings. The van der Waals surface area contributed by atoms with Gasteiger partial charge in [0.25, 0.3) is 7.82 Å². The van der Waals surface area contributed by atoms with Gasteiger partial charge in [-0.15, -0.1) is 0 Å². The highest BCUT2D eigenvalue weighted by Crippen LogP contribution is 2.39. The minimum Gasteiger partial charge on any atom is -0.756 e. The van der Waals surface area contributed by atoms with Crippen LogP contribution in [0, 0.1) is 5.92 Å². The van der Waals surface area contributed by atoms with E-state index in [0.29, 0.717) is 19.4 Å². The number of hydrogen-bond donors (Lipinski definition) is 8. The van der Waals surface area contributed by atoms with E-state index in [1.807, 2.05) is 0 Å². The molecule has 0 spiro atoms. The topological polar surface area (TPSA) is 244 Å². The number of aliphatic hydroxyl groups excluding tert-OH is 6. The number of ether oxygens (including phenoxy) is 2. The fourth-order valence-electron chi connectivity index (χ4n) is 8.51. The maximum absolute atomic E-state index is 13.3. The predicted molar refractivity (Wildman–Crippen MR) is 258 cm³/mol. The van der Waals surface area contributed by atoms with Gasteiger partial charge in [0.2, 0.25) is 5.91 Å². The van der Waals surface area contributed by atoms with Crippen molar-refractivity contribution in [3.8, 4) is 0 Å². The Morgan fingerprint density at radius 2 is 1.09 bits per heavy atom. The van der Waals surface area contributed by atoms with Crippen LogP contribution in [0.1, 0.15) is 220 Å². The van der Waals surface area contributed by atoms with Gasteiger partial charge in [-0.3, -0.25) is 9.36 Å². The van der Waals surface area contributed by atoms with Crippen LogP contribution in [0.4, 0.5) is 0 Å². The minimum atomic E-state index is -4.78. The first-order valence-corrected chi connectivity index (χ1v) is 28.2. The summed E-state index contributed by atoms with van der Waals surface area (Å²) >= 11 is 0. The number of aliphatic hydroxyl groups is 6. The summed E-state index contributed by atoms with van der Waals surface area (Å²) in [5.41, 5.74) is 0. The van der Waals surface area contributed by atoms with Gasteiger partial charge in [0.15, 0.2) is 6.29 Å². The number of nitrogens with one attached hydrogen (secondary N) is 1. The molecule has 1 aliphatic heterocycles. The molecular formula is C50H101N2O13P. The first kappa shape index (κ1) is 63.2. The second-order valence-corrected chi connectivity index (χ2v) is 21.0. The fraction of sp³-hybridized carbons (Fsp3) is 0.980. The van der Waals surface area contributed by atoms with Crippen molar-refractivity contribution in [2.75, 3.05) is 33.4 Å². The Bertz CT molecular complexity index is 1180. The molecule has 1 rings (SSSR count). The molecule has 15 nitrogen and oxygen atoms in total. The summed E-state index contributed by atoms with van der Waals surface area (Å²) in [6.07, 6.45) is 22.6. The van der Waals surface area contributed by atoms with Crippen molar-refractivity contribution >= 4 is 13.7 Å². The average Bonchev–Trinajstić information content (AvgIpc) is 3.29. The van der Waals surface area contributed by atoms with Gasteiger partial charge in [0, 0.05) is 0 Å².